The van der Waals surface area contributed by atoms with E-state index in [1.54, 1.807) is 13.1 Å². The van der Waals surface area contributed by atoms with Crippen LogP contribution in [0.3, 0.4) is 0 Å². The van der Waals surface area contributed by atoms with Gasteiger partial charge in [-0.15, -0.1) is 6.42 Å². The van der Waals surface area contributed by atoms with Crippen molar-refractivity contribution >= 4 is 12.0 Å². The molecule has 0 aromatic heterocycles. The SMILES string of the molecule is C#CCN(C)c1c(F)cccc1C=O. The third-order valence-corrected chi connectivity index (χ3v) is 1.86. The summed E-state index contributed by atoms with van der Waals surface area (Å²) in [6.07, 6.45) is 5.72. The van der Waals surface area contributed by atoms with Crippen molar-refractivity contribution in [1.29, 1.82) is 0 Å². The molecule has 0 aliphatic carbocycles. The number of halogens is 1. The van der Waals surface area contributed by atoms with Crippen molar-refractivity contribution in [2.45, 2.75) is 0 Å². The van der Waals surface area contributed by atoms with Gasteiger partial charge in [0.2, 0.25) is 0 Å². The van der Waals surface area contributed by atoms with Crippen molar-refractivity contribution in [2.75, 3.05) is 18.5 Å². The molecule has 2 nitrogen and oxygen atoms in total. The van der Waals surface area contributed by atoms with Crippen molar-refractivity contribution in [2.24, 2.45) is 0 Å². The fourth-order valence-corrected chi connectivity index (χ4v) is 1.25. The first kappa shape index (κ1) is 10.3. The normalized spacial score (nSPS) is 9.21. The van der Waals surface area contributed by atoms with Gasteiger partial charge >= 0.3 is 0 Å². The highest BCUT2D eigenvalue weighted by atomic mass is 19.1. The Morgan fingerprint density at radius 2 is 2.36 bits per heavy atom. The topological polar surface area (TPSA) is 20.3 Å². The van der Waals surface area contributed by atoms with Crippen molar-refractivity contribution in [1.82, 2.24) is 0 Å². The standard InChI is InChI=1S/C11H10FNO/c1-3-7-13(2)11-9(8-14)5-4-6-10(11)12/h1,4-6,8H,7H2,2H3. The number of anilines is 1. The van der Waals surface area contributed by atoms with Gasteiger partial charge in [-0.25, -0.2) is 4.39 Å². The van der Waals surface area contributed by atoms with Crippen LogP contribution in [0.5, 0.6) is 0 Å². The third kappa shape index (κ3) is 1.91. The van der Waals surface area contributed by atoms with Gasteiger partial charge in [-0.2, -0.15) is 0 Å². The number of carbonyl (C=O) groups is 1. The summed E-state index contributed by atoms with van der Waals surface area (Å²) in [4.78, 5) is 12.2. The minimum Gasteiger partial charge on any atom is -0.361 e. The summed E-state index contributed by atoms with van der Waals surface area (Å²) in [6, 6.07) is 4.35. The number of rotatable bonds is 3. The first-order valence-corrected chi connectivity index (χ1v) is 4.09. The molecule has 0 amide bonds. The number of para-hydroxylation sites is 1. The summed E-state index contributed by atoms with van der Waals surface area (Å²) < 4.78 is 13.3. The maximum absolute atomic E-state index is 13.3. The average molecular weight is 191 g/mol. The Morgan fingerprint density at radius 3 is 2.93 bits per heavy atom. The van der Waals surface area contributed by atoms with E-state index in [1.807, 2.05) is 0 Å². The predicted molar refractivity (Wildman–Crippen MR) is 53.9 cm³/mol. The van der Waals surface area contributed by atoms with E-state index in [-0.39, 0.29) is 12.2 Å². The number of hydrogen-bond acceptors (Lipinski definition) is 2. The Labute approximate surface area is 82.3 Å². The molecule has 72 valence electrons. The molecule has 0 fully saturated rings. The van der Waals surface area contributed by atoms with Gasteiger partial charge in [-0.3, -0.25) is 4.79 Å². The van der Waals surface area contributed by atoms with E-state index >= 15 is 0 Å². The first-order chi connectivity index (χ1) is 6.70. The molecule has 0 saturated carbocycles. The number of aldehydes is 1. The molecule has 0 spiro atoms. The molecule has 0 aliphatic rings. The summed E-state index contributed by atoms with van der Waals surface area (Å²) in [5, 5.41) is 0. The van der Waals surface area contributed by atoms with Crippen LogP contribution in [0.4, 0.5) is 10.1 Å². The van der Waals surface area contributed by atoms with Crippen molar-refractivity contribution in [3.8, 4) is 12.3 Å². The Hall–Kier alpha value is -1.82. The highest BCUT2D eigenvalue weighted by Gasteiger charge is 2.11. The second kappa shape index (κ2) is 4.43. The van der Waals surface area contributed by atoms with Crippen LogP contribution in [0.25, 0.3) is 0 Å². The maximum atomic E-state index is 13.3. The molecule has 0 heterocycles. The lowest BCUT2D eigenvalue weighted by Gasteiger charge is -2.18. The number of nitrogens with zero attached hydrogens (tertiary/aromatic N) is 1. The molecule has 1 aromatic carbocycles. The molecule has 3 heteroatoms. The molecular formula is C11H10FNO. The molecular weight excluding hydrogens is 181 g/mol. The van der Waals surface area contributed by atoms with Crippen molar-refractivity contribution in [3.63, 3.8) is 0 Å². The van der Waals surface area contributed by atoms with Crippen LogP contribution in [0.2, 0.25) is 0 Å². The van der Waals surface area contributed by atoms with Crippen LogP contribution in [0, 0.1) is 18.2 Å². The number of carbonyl (C=O) groups excluding carboxylic acids is 1. The maximum Gasteiger partial charge on any atom is 0.152 e. The quantitative estimate of drug-likeness (QED) is 0.535. The summed E-state index contributed by atoms with van der Waals surface area (Å²) in [6.45, 7) is 0.266. The van der Waals surface area contributed by atoms with Crippen LogP contribution >= 0.6 is 0 Å². The van der Waals surface area contributed by atoms with Crippen LogP contribution in [-0.2, 0) is 0 Å². The Morgan fingerprint density at radius 1 is 1.64 bits per heavy atom. The van der Waals surface area contributed by atoms with E-state index in [0.717, 1.165) is 0 Å². The van der Waals surface area contributed by atoms with E-state index < -0.39 is 5.82 Å². The van der Waals surface area contributed by atoms with Gasteiger partial charge in [0.05, 0.1) is 12.2 Å². The molecule has 0 aliphatic heterocycles. The van der Waals surface area contributed by atoms with E-state index in [2.05, 4.69) is 5.92 Å². The lowest BCUT2D eigenvalue weighted by atomic mass is 10.1. The van der Waals surface area contributed by atoms with Gasteiger partial charge in [-0.1, -0.05) is 12.0 Å². The molecule has 0 radical (unpaired) electrons. The smallest absolute Gasteiger partial charge is 0.152 e. The largest absolute Gasteiger partial charge is 0.361 e. The van der Waals surface area contributed by atoms with Gasteiger partial charge in [0.25, 0.3) is 0 Å². The zero-order valence-corrected chi connectivity index (χ0v) is 7.83. The van der Waals surface area contributed by atoms with Gasteiger partial charge in [0.15, 0.2) is 6.29 Å². The van der Waals surface area contributed by atoms with Crippen molar-refractivity contribution in [3.05, 3.63) is 29.6 Å². The monoisotopic (exact) mass is 191 g/mol. The second-order valence-electron chi connectivity index (χ2n) is 2.86. The van der Waals surface area contributed by atoms with E-state index in [1.165, 1.54) is 17.0 Å². The zero-order chi connectivity index (χ0) is 10.6. The van der Waals surface area contributed by atoms with Gasteiger partial charge < -0.3 is 4.90 Å². The van der Waals surface area contributed by atoms with Crippen LogP contribution in [0.1, 0.15) is 10.4 Å². The average Bonchev–Trinajstić information content (AvgIpc) is 2.17. The lowest BCUT2D eigenvalue weighted by molar-refractivity contribution is 0.112. The number of terminal acetylenes is 1. The van der Waals surface area contributed by atoms with Crippen LogP contribution in [0.15, 0.2) is 18.2 Å². The zero-order valence-electron chi connectivity index (χ0n) is 7.83. The molecule has 0 unspecified atom stereocenters. The molecule has 0 N–H and O–H groups in total. The summed E-state index contributed by atoms with van der Waals surface area (Å²) in [5.74, 6) is 1.95. The van der Waals surface area contributed by atoms with E-state index in [9.17, 15) is 9.18 Å². The number of hydrogen-bond donors (Lipinski definition) is 0. The first-order valence-electron chi connectivity index (χ1n) is 4.09. The van der Waals surface area contributed by atoms with Gasteiger partial charge in [0, 0.05) is 12.6 Å². The van der Waals surface area contributed by atoms with Gasteiger partial charge in [-0.05, 0) is 12.1 Å². The molecule has 1 rings (SSSR count). The molecule has 0 saturated heterocycles. The molecule has 0 bridgehead atoms. The molecule has 1 aromatic rings. The summed E-state index contributed by atoms with van der Waals surface area (Å²) in [7, 11) is 1.64. The third-order valence-electron chi connectivity index (χ3n) is 1.86. The van der Waals surface area contributed by atoms with Crippen molar-refractivity contribution < 1.29 is 9.18 Å². The Balaban J connectivity index is 3.17. The highest BCUT2D eigenvalue weighted by molar-refractivity contribution is 5.84. The second-order valence-corrected chi connectivity index (χ2v) is 2.86. The van der Waals surface area contributed by atoms with E-state index in [0.29, 0.717) is 11.8 Å². The molecule has 14 heavy (non-hydrogen) atoms. The van der Waals surface area contributed by atoms with Gasteiger partial charge in [0.1, 0.15) is 5.82 Å². The van der Waals surface area contributed by atoms with Crippen LogP contribution in [-0.4, -0.2) is 19.9 Å². The summed E-state index contributed by atoms with van der Waals surface area (Å²) >= 11 is 0. The Bertz CT molecular complexity index is 381. The number of benzene rings is 1. The predicted octanol–water partition coefficient (Wildman–Crippen LogP) is 1.71. The van der Waals surface area contributed by atoms with Crippen LogP contribution < -0.4 is 4.90 Å². The summed E-state index contributed by atoms with van der Waals surface area (Å²) in [5.41, 5.74) is 0.559. The fourth-order valence-electron chi connectivity index (χ4n) is 1.25. The van der Waals surface area contributed by atoms with E-state index in [4.69, 9.17) is 6.42 Å². The fraction of sp³-hybridized carbons (Fsp3) is 0.182. The highest BCUT2D eigenvalue weighted by Crippen LogP contribution is 2.21. The molecule has 0 atom stereocenters. The minimum atomic E-state index is -0.438. The Kier molecular flexibility index (Phi) is 3.24. The minimum absolute atomic E-state index is 0.250. The lowest BCUT2D eigenvalue weighted by Crippen LogP contribution is -2.20.